The summed E-state index contributed by atoms with van der Waals surface area (Å²) in [5.41, 5.74) is 1.21. The molecule has 0 fully saturated rings. The number of hydrogen-bond acceptors (Lipinski definition) is 4. The number of hydrogen-bond donors (Lipinski definition) is 2. The van der Waals surface area contributed by atoms with Crippen LogP contribution >= 0.6 is 12.1 Å². The average molecular weight is 368 g/mol. The molecule has 3 rings (SSSR count). The molecule has 0 aliphatic carbocycles. The maximum Gasteiger partial charge on any atom is 0.326 e. The van der Waals surface area contributed by atoms with Gasteiger partial charge in [0.05, 0.1) is 23.0 Å². The van der Waals surface area contributed by atoms with Crippen LogP contribution in [0.3, 0.4) is 0 Å². The van der Waals surface area contributed by atoms with Gasteiger partial charge >= 0.3 is 6.03 Å². The summed E-state index contributed by atoms with van der Waals surface area (Å²) >= 11 is 0.929. The summed E-state index contributed by atoms with van der Waals surface area (Å²) in [4.78, 5) is 29.5. The van der Waals surface area contributed by atoms with Crippen LogP contribution in [0, 0.1) is 0 Å². The first-order valence-corrected chi connectivity index (χ1v) is 9.26. The number of rotatable bonds is 6. The molecule has 0 atom stereocenters. The van der Waals surface area contributed by atoms with E-state index in [1.165, 1.54) is 3.97 Å². The van der Waals surface area contributed by atoms with Gasteiger partial charge in [0, 0.05) is 12.1 Å². The van der Waals surface area contributed by atoms with Crippen molar-refractivity contribution in [2.24, 2.45) is 0 Å². The van der Waals surface area contributed by atoms with E-state index in [-0.39, 0.29) is 11.6 Å². The highest BCUT2D eigenvalue weighted by molar-refractivity contribution is 7.96. The van der Waals surface area contributed by atoms with Crippen LogP contribution in [0.5, 0.6) is 0 Å². The smallest absolute Gasteiger partial charge is 0.326 e. The van der Waals surface area contributed by atoms with Gasteiger partial charge in [-0.2, -0.15) is 0 Å². The van der Waals surface area contributed by atoms with Crippen LogP contribution in [0.2, 0.25) is 0 Å². The summed E-state index contributed by atoms with van der Waals surface area (Å²) in [6.45, 7) is 2.65. The van der Waals surface area contributed by atoms with Crippen molar-refractivity contribution < 1.29 is 4.79 Å². The molecule has 0 spiro atoms. The molecule has 0 saturated carbocycles. The van der Waals surface area contributed by atoms with E-state index in [4.69, 9.17) is 0 Å². The van der Waals surface area contributed by atoms with Gasteiger partial charge in [0.1, 0.15) is 0 Å². The summed E-state index contributed by atoms with van der Waals surface area (Å²) < 4.78 is 4.08. The van der Waals surface area contributed by atoms with Crippen molar-refractivity contribution in [2.75, 3.05) is 6.54 Å². The molecule has 2 N–H and O–H groups in total. The highest BCUT2D eigenvalue weighted by Crippen LogP contribution is 2.21. The van der Waals surface area contributed by atoms with E-state index in [1.807, 2.05) is 42.5 Å². The van der Waals surface area contributed by atoms with Gasteiger partial charge in [-0.3, -0.25) is 9.52 Å². The van der Waals surface area contributed by atoms with Crippen LogP contribution in [0.25, 0.3) is 22.3 Å². The molecule has 0 unspecified atom stereocenters. The second kappa shape index (κ2) is 8.53. The third-order valence-electron chi connectivity index (χ3n) is 3.82. The standard InChI is InChI=1S/C19H20N4O2S/c1-2-3-13-20-19(25)22-26-23-17(14-9-5-4-6-10-14)21-16-12-8-7-11-15(16)18(23)24/h4-12H,2-3,13H2,1H3,(H2,20,22,25). The fourth-order valence-electron chi connectivity index (χ4n) is 2.47. The topological polar surface area (TPSA) is 76.0 Å². The molecule has 26 heavy (non-hydrogen) atoms. The fraction of sp³-hybridized carbons (Fsp3) is 0.211. The van der Waals surface area contributed by atoms with Crippen molar-refractivity contribution in [1.82, 2.24) is 19.0 Å². The van der Waals surface area contributed by atoms with Crippen LogP contribution in [0.15, 0.2) is 59.4 Å². The number of aromatic nitrogens is 2. The van der Waals surface area contributed by atoms with E-state index < -0.39 is 0 Å². The molecule has 0 bridgehead atoms. The maximum atomic E-state index is 12.9. The monoisotopic (exact) mass is 368 g/mol. The van der Waals surface area contributed by atoms with Gasteiger partial charge in [0.2, 0.25) is 0 Å². The third-order valence-corrected chi connectivity index (χ3v) is 4.61. The molecule has 1 aromatic heterocycles. The summed E-state index contributed by atoms with van der Waals surface area (Å²) in [5.74, 6) is 0.494. The van der Waals surface area contributed by atoms with Crippen LogP contribution in [0.4, 0.5) is 4.79 Å². The van der Waals surface area contributed by atoms with Crippen molar-refractivity contribution in [3.8, 4) is 11.4 Å². The molecule has 134 valence electrons. The van der Waals surface area contributed by atoms with Gasteiger partial charge in [-0.25, -0.2) is 13.8 Å². The first-order chi connectivity index (χ1) is 12.7. The molecular weight excluding hydrogens is 348 g/mol. The molecule has 1 heterocycles. The van der Waals surface area contributed by atoms with E-state index in [2.05, 4.69) is 21.9 Å². The molecule has 2 amide bonds. The Balaban J connectivity index is 1.95. The highest BCUT2D eigenvalue weighted by Gasteiger charge is 2.14. The third kappa shape index (κ3) is 4.05. The summed E-state index contributed by atoms with van der Waals surface area (Å²) in [7, 11) is 0. The lowest BCUT2D eigenvalue weighted by atomic mass is 10.2. The van der Waals surface area contributed by atoms with Crippen molar-refractivity contribution >= 4 is 29.1 Å². The fourth-order valence-corrected chi connectivity index (χ4v) is 3.13. The zero-order chi connectivity index (χ0) is 18.4. The number of para-hydroxylation sites is 1. The predicted octanol–water partition coefficient (Wildman–Crippen LogP) is 3.57. The van der Waals surface area contributed by atoms with Gasteiger partial charge in [0.15, 0.2) is 5.82 Å². The maximum absolute atomic E-state index is 12.9. The average Bonchev–Trinajstić information content (AvgIpc) is 2.68. The number of fused-ring (bicyclic) bond motifs is 1. The number of benzene rings is 2. The Hall–Kier alpha value is -2.80. The van der Waals surface area contributed by atoms with Crippen LogP contribution in [-0.2, 0) is 0 Å². The van der Waals surface area contributed by atoms with Crippen molar-refractivity contribution in [1.29, 1.82) is 0 Å². The Morgan fingerprint density at radius 2 is 1.85 bits per heavy atom. The number of urea groups is 1. The number of nitrogens with zero attached hydrogens (tertiary/aromatic N) is 2. The molecule has 6 nitrogen and oxygen atoms in total. The van der Waals surface area contributed by atoms with Crippen LogP contribution < -0.4 is 15.6 Å². The lowest BCUT2D eigenvalue weighted by Crippen LogP contribution is -2.34. The predicted molar refractivity (Wildman–Crippen MR) is 106 cm³/mol. The lowest BCUT2D eigenvalue weighted by Gasteiger charge is -2.13. The quantitative estimate of drug-likeness (QED) is 0.515. The normalized spacial score (nSPS) is 10.7. The van der Waals surface area contributed by atoms with Gasteiger partial charge in [-0.1, -0.05) is 55.8 Å². The SMILES string of the molecule is CCCCNC(=O)NSn1c(-c2ccccc2)nc2ccccc2c1=O. The number of unbranched alkanes of at least 4 members (excludes halogenated alkanes) is 1. The van der Waals surface area contributed by atoms with Gasteiger partial charge in [-0.05, 0) is 18.6 Å². The number of carbonyl (C=O) groups is 1. The molecule has 0 aliphatic heterocycles. The minimum Gasteiger partial charge on any atom is -0.337 e. The van der Waals surface area contributed by atoms with Gasteiger partial charge < -0.3 is 5.32 Å². The molecule has 2 aromatic carbocycles. The van der Waals surface area contributed by atoms with E-state index in [0.29, 0.717) is 23.3 Å². The molecule has 0 aliphatic rings. The first-order valence-electron chi connectivity index (χ1n) is 8.49. The lowest BCUT2D eigenvalue weighted by molar-refractivity contribution is 0.246. The Morgan fingerprint density at radius 1 is 1.12 bits per heavy atom. The van der Waals surface area contributed by atoms with Crippen LogP contribution in [0.1, 0.15) is 19.8 Å². The highest BCUT2D eigenvalue weighted by atomic mass is 32.2. The Labute approximate surface area is 155 Å². The van der Waals surface area contributed by atoms with E-state index in [1.54, 1.807) is 12.1 Å². The second-order valence-corrected chi connectivity index (χ2v) is 6.47. The van der Waals surface area contributed by atoms with Crippen LogP contribution in [-0.4, -0.2) is 21.5 Å². The Kier molecular flexibility index (Phi) is 5.91. The summed E-state index contributed by atoms with van der Waals surface area (Å²) in [6, 6.07) is 16.3. The van der Waals surface area contributed by atoms with E-state index >= 15 is 0 Å². The first kappa shape index (κ1) is 18.0. The molecule has 7 heteroatoms. The minimum atomic E-state index is -0.331. The van der Waals surface area contributed by atoms with E-state index in [9.17, 15) is 9.59 Å². The number of carbonyl (C=O) groups excluding carboxylic acids is 1. The second-order valence-electron chi connectivity index (χ2n) is 5.72. The number of amides is 2. The number of nitrogens with one attached hydrogen (secondary N) is 2. The zero-order valence-electron chi connectivity index (χ0n) is 14.4. The van der Waals surface area contributed by atoms with Crippen molar-refractivity contribution in [2.45, 2.75) is 19.8 Å². The summed E-state index contributed by atoms with van der Waals surface area (Å²) in [5, 5.41) is 3.27. The summed E-state index contributed by atoms with van der Waals surface area (Å²) in [6.07, 6.45) is 1.91. The minimum absolute atomic E-state index is 0.215. The largest absolute Gasteiger partial charge is 0.337 e. The van der Waals surface area contributed by atoms with Gasteiger partial charge in [0.25, 0.3) is 5.56 Å². The molecule has 0 saturated heterocycles. The van der Waals surface area contributed by atoms with Gasteiger partial charge in [-0.15, -0.1) is 0 Å². The van der Waals surface area contributed by atoms with Crippen molar-refractivity contribution in [3.63, 3.8) is 0 Å². The Bertz CT molecular complexity index is 957. The molecule has 3 aromatic rings. The Morgan fingerprint density at radius 3 is 2.62 bits per heavy atom. The molecule has 0 radical (unpaired) electrons. The van der Waals surface area contributed by atoms with E-state index in [0.717, 1.165) is 30.5 Å². The van der Waals surface area contributed by atoms with Crippen molar-refractivity contribution in [3.05, 3.63) is 65.0 Å². The zero-order valence-corrected chi connectivity index (χ0v) is 15.3. The molecular formula is C19H20N4O2S.